The molecule has 0 aliphatic carbocycles. The Kier molecular flexibility index (Phi) is 3.95. The number of nitrogens with zero attached hydrogens (tertiary/aromatic N) is 4. The van der Waals surface area contributed by atoms with Crippen molar-refractivity contribution in [1.82, 2.24) is 19.2 Å². The Labute approximate surface area is 157 Å². The normalized spacial score (nSPS) is 11.9. The van der Waals surface area contributed by atoms with Gasteiger partial charge in [0.15, 0.2) is 0 Å². The van der Waals surface area contributed by atoms with Crippen molar-refractivity contribution in [3.05, 3.63) is 71.9 Å². The number of alkyl halides is 3. The summed E-state index contributed by atoms with van der Waals surface area (Å²) in [5.41, 5.74) is 7.12. The van der Waals surface area contributed by atoms with E-state index in [1.807, 2.05) is 0 Å². The number of carbonyl (C=O) groups excluding carboxylic acids is 1. The van der Waals surface area contributed by atoms with Crippen molar-refractivity contribution >= 4 is 11.4 Å². The zero-order valence-corrected chi connectivity index (χ0v) is 14.6. The molecular formula is C19H14F3N5O. The third kappa shape index (κ3) is 2.81. The lowest BCUT2D eigenvalue weighted by Gasteiger charge is -2.15. The predicted molar refractivity (Wildman–Crippen MR) is 96.0 cm³/mol. The maximum Gasteiger partial charge on any atom is 0.416 e. The van der Waals surface area contributed by atoms with Crippen LogP contribution in [0.3, 0.4) is 0 Å². The quantitative estimate of drug-likeness (QED) is 0.585. The van der Waals surface area contributed by atoms with Crippen LogP contribution in [0.25, 0.3) is 22.5 Å². The third-order valence-corrected chi connectivity index (χ3v) is 4.50. The Morgan fingerprint density at radius 1 is 1.14 bits per heavy atom. The van der Waals surface area contributed by atoms with E-state index in [1.54, 1.807) is 35.8 Å². The van der Waals surface area contributed by atoms with Gasteiger partial charge in [0.05, 0.1) is 11.1 Å². The molecular weight excluding hydrogens is 371 g/mol. The summed E-state index contributed by atoms with van der Waals surface area (Å²) in [6, 6.07) is 8.51. The van der Waals surface area contributed by atoms with Gasteiger partial charge in [0.1, 0.15) is 17.7 Å². The molecule has 0 spiro atoms. The standard InChI is InChI=1S/C19H14F3N5O/c1-11-4-5-12(19(20,21)22)9-15(11)26-8-6-13(17(26)18(23)28)16-14-3-2-7-27(14)25-10-24-16/h2-10H,1H3,(H2,23,28). The molecule has 0 bridgehead atoms. The molecule has 0 atom stereocenters. The van der Waals surface area contributed by atoms with Gasteiger partial charge >= 0.3 is 6.18 Å². The van der Waals surface area contributed by atoms with Gasteiger partial charge in [0.2, 0.25) is 0 Å². The molecule has 142 valence electrons. The summed E-state index contributed by atoms with van der Waals surface area (Å²) in [4.78, 5) is 16.5. The van der Waals surface area contributed by atoms with Gasteiger partial charge in [0.25, 0.3) is 5.91 Å². The first-order valence-corrected chi connectivity index (χ1v) is 8.25. The molecule has 0 saturated heterocycles. The highest BCUT2D eigenvalue weighted by atomic mass is 19.4. The van der Waals surface area contributed by atoms with Gasteiger partial charge in [-0.3, -0.25) is 4.79 Å². The number of amides is 1. The molecule has 0 aliphatic heterocycles. The predicted octanol–water partition coefficient (Wildman–Crippen LogP) is 3.61. The third-order valence-electron chi connectivity index (χ3n) is 4.50. The van der Waals surface area contributed by atoms with Crippen LogP contribution in [-0.4, -0.2) is 25.1 Å². The second-order valence-electron chi connectivity index (χ2n) is 6.26. The number of fused-ring (bicyclic) bond motifs is 1. The fourth-order valence-corrected chi connectivity index (χ4v) is 3.19. The molecule has 0 radical (unpaired) electrons. The van der Waals surface area contributed by atoms with Crippen LogP contribution in [0.4, 0.5) is 13.2 Å². The van der Waals surface area contributed by atoms with E-state index in [-0.39, 0.29) is 11.4 Å². The van der Waals surface area contributed by atoms with E-state index >= 15 is 0 Å². The van der Waals surface area contributed by atoms with Crippen LogP contribution >= 0.6 is 0 Å². The van der Waals surface area contributed by atoms with Crippen molar-refractivity contribution in [2.45, 2.75) is 13.1 Å². The van der Waals surface area contributed by atoms with Crippen LogP contribution in [-0.2, 0) is 6.18 Å². The number of halogens is 3. The number of nitrogens with two attached hydrogens (primary N) is 1. The van der Waals surface area contributed by atoms with Gasteiger partial charge in [0, 0.05) is 23.6 Å². The zero-order chi connectivity index (χ0) is 20.1. The summed E-state index contributed by atoms with van der Waals surface area (Å²) in [6.45, 7) is 1.66. The largest absolute Gasteiger partial charge is 0.416 e. The Bertz CT molecular complexity index is 1210. The van der Waals surface area contributed by atoms with E-state index in [9.17, 15) is 18.0 Å². The highest BCUT2D eigenvalue weighted by Gasteiger charge is 2.31. The minimum Gasteiger partial charge on any atom is -0.364 e. The van der Waals surface area contributed by atoms with Gasteiger partial charge < -0.3 is 10.3 Å². The first kappa shape index (κ1) is 17.8. The van der Waals surface area contributed by atoms with Crippen molar-refractivity contribution in [3.63, 3.8) is 0 Å². The van der Waals surface area contributed by atoms with E-state index in [4.69, 9.17) is 5.73 Å². The number of carbonyl (C=O) groups is 1. The number of benzene rings is 1. The maximum absolute atomic E-state index is 13.2. The van der Waals surface area contributed by atoms with Gasteiger partial charge in [-0.2, -0.15) is 18.3 Å². The Hall–Kier alpha value is -3.62. The Morgan fingerprint density at radius 2 is 1.93 bits per heavy atom. The number of hydrogen-bond donors (Lipinski definition) is 1. The SMILES string of the molecule is Cc1ccc(C(F)(F)F)cc1-n1ccc(-c2ncnn3cccc23)c1C(N)=O. The summed E-state index contributed by atoms with van der Waals surface area (Å²) in [5, 5.41) is 4.08. The summed E-state index contributed by atoms with van der Waals surface area (Å²) in [6.07, 6.45) is 0.0634. The van der Waals surface area contributed by atoms with Crippen molar-refractivity contribution in [2.24, 2.45) is 5.73 Å². The summed E-state index contributed by atoms with van der Waals surface area (Å²) in [5.74, 6) is -0.778. The minimum atomic E-state index is -4.50. The van der Waals surface area contributed by atoms with Crippen molar-refractivity contribution in [1.29, 1.82) is 0 Å². The van der Waals surface area contributed by atoms with Crippen molar-refractivity contribution < 1.29 is 18.0 Å². The van der Waals surface area contributed by atoms with Crippen LogP contribution in [0.1, 0.15) is 21.6 Å². The van der Waals surface area contributed by atoms with Crippen LogP contribution in [0.5, 0.6) is 0 Å². The molecule has 1 aromatic carbocycles. The van der Waals surface area contributed by atoms with Crippen molar-refractivity contribution in [3.8, 4) is 16.9 Å². The fourth-order valence-electron chi connectivity index (χ4n) is 3.19. The minimum absolute atomic E-state index is 0.0456. The first-order chi connectivity index (χ1) is 13.3. The zero-order valence-electron chi connectivity index (χ0n) is 14.6. The number of aryl methyl sites for hydroxylation is 1. The Balaban J connectivity index is 1.97. The molecule has 2 N–H and O–H groups in total. The van der Waals surface area contributed by atoms with Crippen LogP contribution in [0.2, 0.25) is 0 Å². The monoisotopic (exact) mass is 385 g/mol. The van der Waals surface area contributed by atoms with E-state index in [0.717, 1.165) is 12.1 Å². The fraction of sp³-hybridized carbons (Fsp3) is 0.105. The average molecular weight is 385 g/mol. The topological polar surface area (TPSA) is 78.2 Å². The maximum atomic E-state index is 13.2. The smallest absolute Gasteiger partial charge is 0.364 e. The lowest BCUT2D eigenvalue weighted by atomic mass is 10.1. The lowest BCUT2D eigenvalue weighted by Crippen LogP contribution is -2.18. The molecule has 6 nitrogen and oxygen atoms in total. The average Bonchev–Trinajstić information content (AvgIpc) is 3.27. The molecule has 4 rings (SSSR count). The molecule has 28 heavy (non-hydrogen) atoms. The molecule has 3 aromatic heterocycles. The first-order valence-electron chi connectivity index (χ1n) is 8.25. The van der Waals surface area contributed by atoms with E-state index < -0.39 is 17.6 Å². The van der Waals surface area contributed by atoms with E-state index in [1.165, 1.54) is 23.2 Å². The summed E-state index contributed by atoms with van der Waals surface area (Å²) in [7, 11) is 0. The number of aromatic nitrogens is 4. The highest BCUT2D eigenvalue weighted by Crippen LogP contribution is 2.34. The summed E-state index contributed by atoms with van der Waals surface area (Å²) >= 11 is 0. The highest BCUT2D eigenvalue weighted by molar-refractivity contribution is 6.00. The van der Waals surface area contributed by atoms with Gasteiger partial charge in [-0.15, -0.1) is 0 Å². The van der Waals surface area contributed by atoms with Crippen LogP contribution < -0.4 is 5.73 Å². The molecule has 0 unspecified atom stereocenters. The van der Waals surface area contributed by atoms with E-state index in [0.29, 0.717) is 22.3 Å². The molecule has 1 amide bonds. The molecule has 3 heterocycles. The second-order valence-corrected chi connectivity index (χ2v) is 6.26. The van der Waals surface area contributed by atoms with Crippen molar-refractivity contribution in [2.75, 3.05) is 0 Å². The molecule has 9 heteroatoms. The Morgan fingerprint density at radius 3 is 2.64 bits per heavy atom. The lowest BCUT2D eigenvalue weighted by molar-refractivity contribution is -0.137. The van der Waals surface area contributed by atoms with Gasteiger partial charge in [-0.25, -0.2) is 9.50 Å². The van der Waals surface area contributed by atoms with Crippen LogP contribution in [0.15, 0.2) is 55.1 Å². The number of primary amides is 1. The molecule has 4 aromatic rings. The van der Waals surface area contributed by atoms with Crippen LogP contribution in [0, 0.1) is 6.92 Å². The summed E-state index contributed by atoms with van der Waals surface area (Å²) < 4.78 is 42.4. The van der Waals surface area contributed by atoms with Gasteiger partial charge in [-0.1, -0.05) is 6.07 Å². The number of rotatable bonds is 3. The number of hydrogen-bond acceptors (Lipinski definition) is 3. The molecule has 0 aliphatic rings. The molecule has 0 saturated carbocycles. The second kappa shape index (κ2) is 6.22. The van der Waals surface area contributed by atoms with Gasteiger partial charge in [-0.05, 0) is 42.8 Å². The van der Waals surface area contributed by atoms with E-state index in [2.05, 4.69) is 10.1 Å². The molecule has 0 fully saturated rings.